The Kier molecular flexibility index (Phi) is 7.47. The van der Waals surface area contributed by atoms with E-state index in [1.807, 2.05) is 0 Å². The first kappa shape index (κ1) is 16.8. The molecule has 0 radical (unpaired) electrons. The lowest BCUT2D eigenvalue weighted by molar-refractivity contribution is 0.357. The SMILES string of the molecule is COc1cc(OC)c([C@@H](N)CCF)c(OC)c1.Cl. The third-order valence-corrected chi connectivity index (χ3v) is 2.54. The van der Waals surface area contributed by atoms with E-state index in [0.29, 0.717) is 22.8 Å². The van der Waals surface area contributed by atoms with Crippen LogP contribution in [0.4, 0.5) is 4.39 Å². The summed E-state index contributed by atoms with van der Waals surface area (Å²) in [5.41, 5.74) is 6.57. The Hall–Kier alpha value is -1.20. The minimum Gasteiger partial charge on any atom is -0.496 e. The quantitative estimate of drug-likeness (QED) is 0.869. The second-order valence-corrected chi connectivity index (χ2v) is 3.53. The normalized spacial score (nSPS) is 11.4. The largest absolute Gasteiger partial charge is 0.496 e. The Morgan fingerprint density at radius 3 is 1.94 bits per heavy atom. The summed E-state index contributed by atoms with van der Waals surface area (Å²) in [6.07, 6.45) is 0.221. The molecule has 0 aliphatic heterocycles. The topological polar surface area (TPSA) is 53.7 Å². The van der Waals surface area contributed by atoms with Gasteiger partial charge in [-0.1, -0.05) is 0 Å². The predicted molar refractivity (Wildman–Crippen MR) is 70.9 cm³/mol. The lowest BCUT2D eigenvalue weighted by atomic mass is 10.0. The molecule has 0 aliphatic rings. The van der Waals surface area contributed by atoms with Gasteiger partial charge in [-0.05, 0) is 6.42 Å². The minimum atomic E-state index is -0.487. The van der Waals surface area contributed by atoms with Crippen LogP contribution < -0.4 is 19.9 Å². The maximum absolute atomic E-state index is 12.4. The zero-order valence-corrected chi connectivity index (χ0v) is 11.6. The summed E-state index contributed by atoms with van der Waals surface area (Å²) in [6, 6.07) is 2.95. The number of hydrogen-bond acceptors (Lipinski definition) is 4. The molecule has 0 spiro atoms. The summed E-state index contributed by atoms with van der Waals surface area (Å²) in [5, 5.41) is 0. The van der Waals surface area contributed by atoms with Gasteiger partial charge in [0.15, 0.2) is 0 Å². The second-order valence-electron chi connectivity index (χ2n) is 3.53. The fourth-order valence-electron chi connectivity index (χ4n) is 1.66. The molecule has 0 bridgehead atoms. The zero-order valence-electron chi connectivity index (χ0n) is 10.7. The van der Waals surface area contributed by atoms with E-state index in [4.69, 9.17) is 19.9 Å². The van der Waals surface area contributed by atoms with Gasteiger partial charge >= 0.3 is 0 Å². The van der Waals surface area contributed by atoms with Crippen molar-refractivity contribution >= 4 is 12.4 Å². The van der Waals surface area contributed by atoms with E-state index in [1.165, 1.54) is 14.2 Å². The smallest absolute Gasteiger partial charge is 0.131 e. The summed E-state index contributed by atoms with van der Waals surface area (Å²) >= 11 is 0. The molecule has 18 heavy (non-hydrogen) atoms. The fourth-order valence-corrected chi connectivity index (χ4v) is 1.66. The number of rotatable bonds is 6. The van der Waals surface area contributed by atoms with Gasteiger partial charge in [-0.2, -0.15) is 0 Å². The van der Waals surface area contributed by atoms with Gasteiger partial charge < -0.3 is 19.9 Å². The summed E-state index contributed by atoms with van der Waals surface area (Å²) in [5.74, 6) is 1.69. The number of nitrogens with two attached hydrogens (primary N) is 1. The Morgan fingerprint density at radius 2 is 1.61 bits per heavy atom. The Labute approximate surface area is 113 Å². The van der Waals surface area contributed by atoms with Gasteiger partial charge in [0.1, 0.15) is 17.2 Å². The summed E-state index contributed by atoms with van der Waals surface area (Å²) in [7, 11) is 4.61. The highest BCUT2D eigenvalue weighted by Gasteiger charge is 2.19. The van der Waals surface area contributed by atoms with Gasteiger partial charge in [-0.15, -0.1) is 12.4 Å². The van der Waals surface area contributed by atoms with Gasteiger partial charge in [-0.3, -0.25) is 4.39 Å². The summed E-state index contributed by atoms with van der Waals surface area (Å²) in [4.78, 5) is 0. The van der Waals surface area contributed by atoms with E-state index in [9.17, 15) is 4.39 Å². The first-order chi connectivity index (χ1) is 8.17. The highest BCUT2D eigenvalue weighted by atomic mass is 35.5. The number of benzene rings is 1. The van der Waals surface area contributed by atoms with Gasteiger partial charge in [-0.25, -0.2) is 0 Å². The van der Waals surface area contributed by atoms with E-state index >= 15 is 0 Å². The van der Waals surface area contributed by atoms with Gasteiger partial charge in [0.05, 0.1) is 33.6 Å². The van der Waals surface area contributed by atoms with Crippen molar-refractivity contribution in [2.24, 2.45) is 5.73 Å². The third-order valence-electron chi connectivity index (χ3n) is 2.54. The molecule has 0 saturated carbocycles. The molecule has 4 nitrogen and oxygen atoms in total. The lowest BCUT2D eigenvalue weighted by Crippen LogP contribution is -2.14. The molecule has 0 saturated heterocycles. The van der Waals surface area contributed by atoms with Crippen molar-refractivity contribution in [1.29, 1.82) is 0 Å². The van der Waals surface area contributed by atoms with E-state index in [-0.39, 0.29) is 18.8 Å². The average Bonchev–Trinajstić information content (AvgIpc) is 2.37. The number of methoxy groups -OCH3 is 3. The molecule has 0 unspecified atom stereocenters. The standard InChI is InChI=1S/C12H18FNO3.ClH/c1-15-8-6-10(16-2)12(9(14)4-5-13)11(7-8)17-3;/h6-7,9H,4-5,14H2,1-3H3;1H/t9-;/m0./s1. The van der Waals surface area contributed by atoms with Gasteiger partial charge in [0.2, 0.25) is 0 Å². The minimum absolute atomic E-state index is 0. The highest BCUT2D eigenvalue weighted by molar-refractivity contribution is 5.85. The number of halogens is 2. The van der Waals surface area contributed by atoms with Crippen LogP contribution >= 0.6 is 12.4 Å². The van der Waals surface area contributed by atoms with E-state index in [2.05, 4.69) is 0 Å². The second kappa shape index (κ2) is 8.00. The fraction of sp³-hybridized carbons (Fsp3) is 0.500. The Morgan fingerprint density at radius 1 is 1.11 bits per heavy atom. The van der Waals surface area contributed by atoms with Crippen LogP contribution in [0.2, 0.25) is 0 Å². The van der Waals surface area contributed by atoms with Crippen LogP contribution in [0.5, 0.6) is 17.2 Å². The van der Waals surface area contributed by atoms with E-state index < -0.39 is 12.7 Å². The molecule has 0 heterocycles. The van der Waals surface area contributed by atoms with Crippen molar-refractivity contribution in [3.05, 3.63) is 17.7 Å². The number of alkyl halides is 1. The molecule has 1 atom stereocenters. The van der Waals surface area contributed by atoms with Crippen LogP contribution in [-0.4, -0.2) is 28.0 Å². The molecule has 0 aliphatic carbocycles. The highest BCUT2D eigenvalue weighted by Crippen LogP contribution is 2.38. The van der Waals surface area contributed by atoms with Gasteiger partial charge in [0, 0.05) is 18.2 Å². The average molecular weight is 280 g/mol. The molecule has 0 amide bonds. The van der Waals surface area contributed by atoms with Crippen molar-refractivity contribution in [3.63, 3.8) is 0 Å². The molecule has 1 rings (SSSR count). The van der Waals surface area contributed by atoms with Crippen LogP contribution in [-0.2, 0) is 0 Å². The first-order valence-corrected chi connectivity index (χ1v) is 5.29. The molecule has 104 valence electrons. The maximum atomic E-state index is 12.4. The summed E-state index contributed by atoms with van der Waals surface area (Å²) < 4.78 is 27.9. The van der Waals surface area contributed by atoms with Crippen LogP contribution in [0.15, 0.2) is 12.1 Å². The van der Waals surface area contributed by atoms with Crippen molar-refractivity contribution in [2.75, 3.05) is 28.0 Å². The van der Waals surface area contributed by atoms with E-state index in [0.717, 1.165) is 0 Å². The van der Waals surface area contributed by atoms with Crippen LogP contribution in [0.1, 0.15) is 18.0 Å². The van der Waals surface area contributed by atoms with Crippen molar-refractivity contribution in [3.8, 4) is 17.2 Å². The van der Waals surface area contributed by atoms with E-state index in [1.54, 1.807) is 19.2 Å². The zero-order chi connectivity index (χ0) is 12.8. The first-order valence-electron chi connectivity index (χ1n) is 5.29. The number of hydrogen-bond donors (Lipinski definition) is 1. The monoisotopic (exact) mass is 279 g/mol. The molecular formula is C12H19ClFNO3. The van der Waals surface area contributed by atoms with Gasteiger partial charge in [0.25, 0.3) is 0 Å². The Bertz CT molecular complexity index is 351. The van der Waals surface area contributed by atoms with Crippen molar-refractivity contribution in [2.45, 2.75) is 12.5 Å². The Balaban J connectivity index is 0.00000289. The molecule has 0 aromatic heterocycles. The lowest BCUT2D eigenvalue weighted by Gasteiger charge is -2.19. The van der Waals surface area contributed by atoms with Crippen molar-refractivity contribution in [1.82, 2.24) is 0 Å². The number of ether oxygens (including phenoxy) is 3. The van der Waals surface area contributed by atoms with Crippen LogP contribution in [0.25, 0.3) is 0 Å². The predicted octanol–water partition coefficient (Wildman–Crippen LogP) is 2.49. The molecule has 2 N–H and O–H groups in total. The summed E-state index contributed by atoms with van der Waals surface area (Å²) in [6.45, 7) is -0.487. The molecular weight excluding hydrogens is 261 g/mol. The maximum Gasteiger partial charge on any atom is 0.131 e. The molecule has 6 heteroatoms. The van der Waals surface area contributed by atoms with Crippen molar-refractivity contribution < 1.29 is 18.6 Å². The molecule has 0 fully saturated rings. The van der Waals surface area contributed by atoms with Crippen LogP contribution in [0, 0.1) is 0 Å². The third kappa shape index (κ3) is 3.65. The molecule has 1 aromatic carbocycles. The van der Waals surface area contributed by atoms with Crippen LogP contribution in [0.3, 0.4) is 0 Å². The molecule has 1 aromatic rings.